The molecule has 0 aliphatic carbocycles. The number of hydrogen-bond acceptors (Lipinski definition) is 4. The summed E-state index contributed by atoms with van der Waals surface area (Å²) in [6, 6.07) is 20.2. The summed E-state index contributed by atoms with van der Waals surface area (Å²) < 4.78 is 5.18. The van der Waals surface area contributed by atoms with Crippen molar-refractivity contribution in [3.05, 3.63) is 71.8 Å². The van der Waals surface area contributed by atoms with Crippen molar-refractivity contribution in [2.45, 2.75) is 31.6 Å². The van der Waals surface area contributed by atoms with Crippen molar-refractivity contribution in [2.24, 2.45) is 0 Å². The average molecular weight is 324 g/mol. The summed E-state index contributed by atoms with van der Waals surface area (Å²) in [5.41, 5.74) is 1.84. The molecule has 0 aliphatic rings. The Balaban J connectivity index is 1.94. The second-order valence-corrected chi connectivity index (χ2v) is 5.43. The van der Waals surface area contributed by atoms with Gasteiger partial charge in [0.15, 0.2) is 0 Å². The molecule has 0 aliphatic heterocycles. The van der Waals surface area contributed by atoms with Gasteiger partial charge in [-0.25, -0.2) is 4.79 Å². The quantitative estimate of drug-likeness (QED) is 0.820. The minimum Gasteiger partial charge on any atom is -0.445 e. The van der Waals surface area contributed by atoms with E-state index in [1.54, 1.807) is 0 Å². The number of aliphatic hydroxyl groups is 1. The molecule has 2 rings (SSSR count). The number of nitriles is 1. The van der Waals surface area contributed by atoms with Crippen LogP contribution in [-0.4, -0.2) is 23.3 Å². The number of nitrogens with zero attached hydrogens (tertiary/aromatic N) is 1. The van der Waals surface area contributed by atoms with Gasteiger partial charge in [-0.3, -0.25) is 0 Å². The number of amides is 1. The number of rotatable bonds is 7. The zero-order valence-electron chi connectivity index (χ0n) is 13.3. The number of alkyl carbamates (subject to hydrolysis) is 1. The van der Waals surface area contributed by atoms with E-state index in [2.05, 4.69) is 5.32 Å². The number of ether oxygens (including phenoxy) is 1. The van der Waals surface area contributed by atoms with Crippen LogP contribution >= 0.6 is 0 Å². The van der Waals surface area contributed by atoms with Gasteiger partial charge in [-0.2, -0.15) is 5.26 Å². The van der Waals surface area contributed by atoms with E-state index in [1.807, 2.05) is 66.7 Å². The summed E-state index contributed by atoms with van der Waals surface area (Å²) in [5.74, 6) is 0. The smallest absolute Gasteiger partial charge is 0.407 e. The second kappa shape index (κ2) is 9.33. The van der Waals surface area contributed by atoms with Crippen molar-refractivity contribution in [1.82, 2.24) is 5.32 Å². The van der Waals surface area contributed by atoms with Gasteiger partial charge in [-0.1, -0.05) is 60.7 Å². The summed E-state index contributed by atoms with van der Waals surface area (Å²) in [7, 11) is 0. The van der Waals surface area contributed by atoms with Gasteiger partial charge in [0.05, 0.1) is 24.6 Å². The minimum absolute atomic E-state index is 0.0591. The summed E-state index contributed by atoms with van der Waals surface area (Å²) in [5, 5.41) is 21.6. The normalized spacial score (nSPS) is 12.7. The Kier molecular flexibility index (Phi) is 6.81. The Bertz CT molecular complexity index is 668. The number of hydrogen-bond donors (Lipinski definition) is 2. The highest BCUT2D eigenvalue weighted by Gasteiger charge is 2.22. The predicted molar refractivity (Wildman–Crippen MR) is 89.9 cm³/mol. The molecule has 0 bridgehead atoms. The zero-order valence-corrected chi connectivity index (χ0v) is 13.3. The first-order valence-electron chi connectivity index (χ1n) is 7.75. The molecular weight excluding hydrogens is 304 g/mol. The maximum absolute atomic E-state index is 12.0. The first kappa shape index (κ1) is 17.5. The molecule has 124 valence electrons. The summed E-state index contributed by atoms with van der Waals surface area (Å²) in [6.07, 6.45) is -1.21. The van der Waals surface area contributed by atoms with Crippen LogP contribution in [0.15, 0.2) is 60.7 Å². The third-order valence-corrected chi connectivity index (χ3v) is 3.58. The number of aliphatic hydroxyl groups excluding tert-OH is 1. The number of carbonyl (C=O) groups excluding carboxylic acids is 1. The van der Waals surface area contributed by atoms with E-state index in [0.717, 1.165) is 11.1 Å². The molecule has 24 heavy (non-hydrogen) atoms. The van der Waals surface area contributed by atoms with Crippen LogP contribution < -0.4 is 5.32 Å². The molecule has 1 amide bonds. The van der Waals surface area contributed by atoms with Crippen molar-refractivity contribution in [3.8, 4) is 6.07 Å². The number of benzene rings is 2. The number of carbonyl (C=O) groups is 1. The van der Waals surface area contributed by atoms with Gasteiger partial charge in [-0.05, 0) is 17.5 Å². The van der Waals surface area contributed by atoms with Crippen LogP contribution in [0.5, 0.6) is 0 Å². The van der Waals surface area contributed by atoms with Crippen LogP contribution in [0, 0.1) is 11.3 Å². The van der Waals surface area contributed by atoms with E-state index < -0.39 is 18.2 Å². The van der Waals surface area contributed by atoms with Crippen LogP contribution in [0.3, 0.4) is 0 Å². The van der Waals surface area contributed by atoms with E-state index in [-0.39, 0.29) is 13.0 Å². The van der Waals surface area contributed by atoms with Gasteiger partial charge in [0.2, 0.25) is 0 Å². The average Bonchev–Trinajstić information content (AvgIpc) is 2.61. The van der Waals surface area contributed by atoms with Crippen molar-refractivity contribution in [1.29, 1.82) is 5.26 Å². The SMILES string of the molecule is N#CCC(O)C(Cc1ccccc1)NC(=O)OCc1ccccc1. The van der Waals surface area contributed by atoms with Gasteiger partial charge < -0.3 is 15.2 Å². The fourth-order valence-electron chi connectivity index (χ4n) is 2.30. The molecule has 0 radical (unpaired) electrons. The molecule has 0 heterocycles. The van der Waals surface area contributed by atoms with Gasteiger partial charge in [-0.15, -0.1) is 0 Å². The zero-order chi connectivity index (χ0) is 17.2. The lowest BCUT2D eigenvalue weighted by molar-refractivity contribution is 0.103. The van der Waals surface area contributed by atoms with Crippen molar-refractivity contribution >= 4 is 6.09 Å². The van der Waals surface area contributed by atoms with Crippen LogP contribution in [0.25, 0.3) is 0 Å². The first-order valence-corrected chi connectivity index (χ1v) is 7.75. The lowest BCUT2D eigenvalue weighted by atomic mass is 10.00. The molecule has 5 nitrogen and oxygen atoms in total. The Morgan fingerprint density at radius 3 is 2.25 bits per heavy atom. The van der Waals surface area contributed by atoms with Crippen LogP contribution in [0.2, 0.25) is 0 Å². The summed E-state index contributed by atoms with van der Waals surface area (Å²) >= 11 is 0. The highest BCUT2D eigenvalue weighted by Crippen LogP contribution is 2.09. The standard InChI is InChI=1S/C19H20N2O3/c20-12-11-18(22)17(13-15-7-3-1-4-8-15)21-19(23)24-14-16-9-5-2-6-10-16/h1-10,17-18,22H,11,13-14H2,(H,21,23). The second-order valence-electron chi connectivity index (χ2n) is 5.43. The Morgan fingerprint density at radius 1 is 1.08 bits per heavy atom. The molecular formula is C19H20N2O3. The van der Waals surface area contributed by atoms with Crippen molar-refractivity contribution < 1.29 is 14.6 Å². The maximum Gasteiger partial charge on any atom is 0.407 e. The van der Waals surface area contributed by atoms with Gasteiger partial charge in [0.1, 0.15) is 6.61 Å². The van der Waals surface area contributed by atoms with Gasteiger partial charge >= 0.3 is 6.09 Å². The van der Waals surface area contributed by atoms with Crippen molar-refractivity contribution in [3.63, 3.8) is 0 Å². The third kappa shape index (κ3) is 5.75. The van der Waals surface area contributed by atoms with Crippen LogP contribution in [0.4, 0.5) is 4.79 Å². The number of nitrogens with one attached hydrogen (secondary N) is 1. The van der Waals surface area contributed by atoms with E-state index in [4.69, 9.17) is 10.00 Å². The van der Waals surface area contributed by atoms with E-state index >= 15 is 0 Å². The summed E-state index contributed by atoms with van der Waals surface area (Å²) in [6.45, 7) is 0.152. The molecule has 0 spiro atoms. The predicted octanol–water partition coefficient (Wildman–Crippen LogP) is 2.80. The fraction of sp³-hybridized carbons (Fsp3) is 0.263. The van der Waals surface area contributed by atoms with Crippen LogP contribution in [-0.2, 0) is 17.8 Å². The Morgan fingerprint density at radius 2 is 1.67 bits per heavy atom. The monoisotopic (exact) mass is 324 g/mol. The third-order valence-electron chi connectivity index (χ3n) is 3.58. The van der Waals surface area contributed by atoms with E-state index in [1.165, 1.54) is 0 Å². The largest absolute Gasteiger partial charge is 0.445 e. The van der Waals surface area contributed by atoms with E-state index in [0.29, 0.717) is 6.42 Å². The highest BCUT2D eigenvalue weighted by atomic mass is 16.5. The minimum atomic E-state index is -0.959. The van der Waals surface area contributed by atoms with Crippen molar-refractivity contribution in [2.75, 3.05) is 0 Å². The lowest BCUT2D eigenvalue weighted by Crippen LogP contribution is -2.45. The molecule has 5 heteroatoms. The highest BCUT2D eigenvalue weighted by molar-refractivity contribution is 5.67. The molecule has 2 atom stereocenters. The van der Waals surface area contributed by atoms with Gasteiger partial charge in [0.25, 0.3) is 0 Å². The molecule has 0 saturated carbocycles. The Labute approximate surface area is 141 Å². The topological polar surface area (TPSA) is 82.4 Å². The molecule has 0 aromatic heterocycles. The molecule has 2 unspecified atom stereocenters. The Hall–Kier alpha value is -2.84. The maximum atomic E-state index is 12.0. The molecule has 2 aromatic carbocycles. The van der Waals surface area contributed by atoms with Crippen LogP contribution in [0.1, 0.15) is 17.5 Å². The fourth-order valence-corrected chi connectivity index (χ4v) is 2.30. The molecule has 0 fully saturated rings. The molecule has 0 saturated heterocycles. The molecule has 2 N–H and O–H groups in total. The summed E-state index contributed by atoms with van der Waals surface area (Å²) in [4.78, 5) is 12.0. The molecule has 2 aromatic rings. The van der Waals surface area contributed by atoms with E-state index in [9.17, 15) is 9.90 Å². The first-order chi connectivity index (χ1) is 11.7. The lowest BCUT2D eigenvalue weighted by Gasteiger charge is -2.22. The van der Waals surface area contributed by atoms with Gasteiger partial charge in [0, 0.05) is 0 Å².